The second-order valence-corrected chi connectivity index (χ2v) is 1.96. The van der Waals surface area contributed by atoms with Crippen LogP contribution in [0, 0.1) is 0 Å². The van der Waals surface area contributed by atoms with Crippen molar-refractivity contribution in [1.29, 1.82) is 0 Å². The van der Waals surface area contributed by atoms with Gasteiger partial charge in [-0.25, -0.2) is 4.98 Å². The summed E-state index contributed by atoms with van der Waals surface area (Å²) in [5.41, 5.74) is 0. The molecule has 0 radical (unpaired) electrons. The van der Waals surface area contributed by atoms with Crippen LogP contribution in [-0.4, -0.2) is 9.97 Å². The highest BCUT2D eigenvalue weighted by atomic mass is 14.8. The summed E-state index contributed by atoms with van der Waals surface area (Å²) >= 11 is 0. The zero-order chi connectivity index (χ0) is 7.40. The van der Waals surface area contributed by atoms with Gasteiger partial charge in [0.2, 0.25) is 0 Å². The number of aromatic nitrogens is 2. The van der Waals surface area contributed by atoms with Crippen molar-refractivity contribution in [1.82, 2.24) is 9.97 Å². The molecule has 52 valence electrons. The van der Waals surface area contributed by atoms with E-state index in [2.05, 4.69) is 16.5 Å². The van der Waals surface area contributed by atoms with Crippen LogP contribution < -0.4 is 10.7 Å². The van der Waals surface area contributed by atoms with Crippen LogP contribution in [0.4, 0.5) is 0 Å². The molecule has 1 aromatic heterocycles. The van der Waals surface area contributed by atoms with Crippen LogP contribution in [0.25, 0.3) is 12.7 Å². The van der Waals surface area contributed by atoms with E-state index < -0.39 is 0 Å². The Kier molecular flexibility index (Phi) is 2.05. The van der Waals surface area contributed by atoms with E-state index in [0.717, 1.165) is 10.7 Å². The average molecular weight is 134 g/mol. The monoisotopic (exact) mass is 134 g/mol. The summed E-state index contributed by atoms with van der Waals surface area (Å²) in [7, 11) is 0. The van der Waals surface area contributed by atoms with Crippen molar-refractivity contribution in [3.05, 3.63) is 29.2 Å². The highest BCUT2D eigenvalue weighted by Crippen LogP contribution is 1.68. The van der Waals surface area contributed by atoms with Gasteiger partial charge in [-0.3, -0.25) is 0 Å². The highest BCUT2D eigenvalue weighted by Gasteiger charge is 1.78. The predicted octanol–water partition coefficient (Wildman–Crippen LogP) is 0.177. The van der Waals surface area contributed by atoms with Crippen molar-refractivity contribution < 1.29 is 0 Å². The Morgan fingerprint density at radius 2 is 2.50 bits per heavy atom. The molecule has 0 aliphatic heterocycles. The van der Waals surface area contributed by atoms with Crippen molar-refractivity contribution in [3.63, 3.8) is 0 Å². The van der Waals surface area contributed by atoms with Gasteiger partial charge in [-0.1, -0.05) is 18.7 Å². The highest BCUT2D eigenvalue weighted by molar-refractivity contribution is 5.33. The summed E-state index contributed by atoms with van der Waals surface area (Å²) in [5.74, 6) is 0. The van der Waals surface area contributed by atoms with Crippen LogP contribution in [0.3, 0.4) is 0 Å². The lowest BCUT2D eigenvalue weighted by Crippen LogP contribution is -2.21. The molecule has 0 saturated heterocycles. The minimum atomic E-state index is 0.859. The van der Waals surface area contributed by atoms with Crippen LogP contribution in [0.5, 0.6) is 0 Å². The van der Waals surface area contributed by atoms with Gasteiger partial charge in [-0.2, -0.15) is 0 Å². The van der Waals surface area contributed by atoms with E-state index in [1.54, 1.807) is 6.33 Å². The Morgan fingerprint density at radius 3 is 3.00 bits per heavy atom. The number of hydrogen-bond donors (Lipinski definition) is 1. The second-order valence-electron chi connectivity index (χ2n) is 1.96. The average Bonchev–Trinajstić information content (AvgIpc) is 2.31. The number of nitrogens with one attached hydrogen (secondary N) is 1. The Morgan fingerprint density at radius 1 is 1.70 bits per heavy atom. The van der Waals surface area contributed by atoms with E-state index in [4.69, 9.17) is 0 Å². The number of imidazole rings is 1. The van der Waals surface area contributed by atoms with Gasteiger partial charge >= 0.3 is 0 Å². The quantitative estimate of drug-likeness (QED) is 0.583. The molecular weight excluding hydrogens is 124 g/mol. The van der Waals surface area contributed by atoms with Crippen molar-refractivity contribution >= 4 is 12.7 Å². The number of H-pyrrole nitrogens is 1. The molecule has 1 heterocycles. The standard InChI is InChI=1S/C8H10N2/c1-3-4-5-8-7(2)9-6-10-8/h3-6H,2H2,1H3,(H,9,10)/b4-3?,8-5+. The van der Waals surface area contributed by atoms with E-state index in [9.17, 15) is 0 Å². The number of aromatic amines is 1. The summed E-state index contributed by atoms with van der Waals surface area (Å²) in [6.45, 7) is 5.71. The SMILES string of the molecule is C=c1[nH]cn/c1=C/C=CC. The van der Waals surface area contributed by atoms with Gasteiger partial charge in [0, 0.05) is 0 Å². The van der Waals surface area contributed by atoms with Crippen LogP contribution in [0.2, 0.25) is 0 Å². The molecule has 2 heteroatoms. The molecule has 0 unspecified atom stereocenters. The fourth-order valence-corrected chi connectivity index (χ4v) is 0.663. The largest absolute Gasteiger partial charge is 0.345 e. The van der Waals surface area contributed by atoms with Crippen LogP contribution >= 0.6 is 0 Å². The van der Waals surface area contributed by atoms with Gasteiger partial charge in [0.1, 0.15) is 0 Å². The second kappa shape index (κ2) is 3.01. The molecule has 0 amide bonds. The lowest BCUT2D eigenvalue weighted by molar-refractivity contribution is 1.29. The summed E-state index contributed by atoms with van der Waals surface area (Å²) in [4.78, 5) is 6.92. The van der Waals surface area contributed by atoms with E-state index in [0.29, 0.717) is 0 Å². The third kappa shape index (κ3) is 1.35. The lowest BCUT2D eigenvalue weighted by atomic mass is 10.4. The molecule has 0 bridgehead atoms. The van der Waals surface area contributed by atoms with Gasteiger partial charge in [-0.15, -0.1) is 0 Å². The Labute approximate surface area is 59.6 Å². The van der Waals surface area contributed by atoms with E-state index >= 15 is 0 Å². The molecule has 2 nitrogen and oxygen atoms in total. The third-order valence-electron chi connectivity index (χ3n) is 1.20. The van der Waals surface area contributed by atoms with Gasteiger partial charge < -0.3 is 4.98 Å². The molecular formula is C8H10N2. The van der Waals surface area contributed by atoms with Crippen LogP contribution in [0.1, 0.15) is 6.92 Å². The number of allylic oxidation sites excluding steroid dienone is 2. The fourth-order valence-electron chi connectivity index (χ4n) is 0.663. The molecule has 0 saturated carbocycles. The van der Waals surface area contributed by atoms with E-state index in [1.165, 1.54) is 0 Å². The van der Waals surface area contributed by atoms with E-state index in [1.807, 2.05) is 25.2 Å². The summed E-state index contributed by atoms with van der Waals surface area (Å²) in [6.07, 6.45) is 7.44. The number of hydrogen-bond acceptors (Lipinski definition) is 1. The molecule has 0 fully saturated rings. The Bertz CT molecular complexity index is 319. The van der Waals surface area contributed by atoms with Gasteiger partial charge in [0.05, 0.1) is 17.0 Å². The Hall–Kier alpha value is -1.31. The molecule has 1 N–H and O–H groups in total. The van der Waals surface area contributed by atoms with Crippen molar-refractivity contribution in [2.45, 2.75) is 6.92 Å². The Balaban J connectivity index is 3.16. The predicted molar refractivity (Wildman–Crippen MR) is 42.6 cm³/mol. The molecule has 0 aromatic carbocycles. The minimum Gasteiger partial charge on any atom is -0.345 e. The smallest absolute Gasteiger partial charge is 0.0931 e. The first-order valence-corrected chi connectivity index (χ1v) is 3.16. The van der Waals surface area contributed by atoms with Gasteiger partial charge in [-0.05, 0) is 13.0 Å². The summed E-state index contributed by atoms with van der Waals surface area (Å²) < 4.78 is 0. The van der Waals surface area contributed by atoms with Crippen molar-refractivity contribution in [2.24, 2.45) is 0 Å². The zero-order valence-corrected chi connectivity index (χ0v) is 5.96. The lowest BCUT2D eigenvalue weighted by Gasteiger charge is -1.70. The number of rotatable bonds is 1. The topological polar surface area (TPSA) is 28.7 Å². The van der Waals surface area contributed by atoms with E-state index in [-0.39, 0.29) is 0 Å². The molecule has 0 aliphatic carbocycles. The maximum atomic E-state index is 4.03. The molecule has 0 aliphatic rings. The maximum absolute atomic E-state index is 4.03. The van der Waals surface area contributed by atoms with Crippen LogP contribution in [-0.2, 0) is 0 Å². The molecule has 10 heavy (non-hydrogen) atoms. The molecule has 1 aromatic rings. The van der Waals surface area contributed by atoms with Crippen molar-refractivity contribution in [2.75, 3.05) is 0 Å². The maximum Gasteiger partial charge on any atom is 0.0931 e. The van der Waals surface area contributed by atoms with Crippen LogP contribution in [0.15, 0.2) is 18.5 Å². The first-order chi connectivity index (χ1) is 4.84. The number of nitrogens with zero attached hydrogens (tertiary/aromatic N) is 1. The minimum absolute atomic E-state index is 0.859. The molecule has 1 rings (SSSR count). The first-order valence-electron chi connectivity index (χ1n) is 3.16. The van der Waals surface area contributed by atoms with Crippen molar-refractivity contribution in [3.8, 4) is 0 Å². The molecule has 0 spiro atoms. The third-order valence-corrected chi connectivity index (χ3v) is 1.20. The van der Waals surface area contributed by atoms with Gasteiger partial charge in [0.25, 0.3) is 0 Å². The zero-order valence-electron chi connectivity index (χ0n) is 5.96. The summed E-state index contributed by atoms with van der Waals surface area (Å²) in [6, 6.07) is 0. The normalized spacial score (nSPS) is 13.1. The fraction of sp³-hybridized carbons (Fsp3) is 0.125. The molecule has 0 atom stereocenters. The first kappa shape index (κ1) is 6.81. The summed E-state index contributed by atoms with van der Waals surface area (Å²) in [5, 5.41) is 1.76. The van der Waals surface area contributed by atoms with Gasteiger partial charge in [0.15, 0.2) is 0 Å².